The summed E-state index contributed by atoms with van der Waals surface area (Å²) < 4.78 is 15.7. The number of nitrogens with zero attached hydrogens (tertiary/aromatic N) is 1. The number of esters is 2. The molecule has 0 fully saturated rings. The molecule has 0 rings (SSSR count). The standard InChI is InChI=1S/C22H43NO5/c1-8-10-12-23(13-11-9-2)14-15-27-19(24)21(3,4)18-22(5,6)20(25)28-17-16-26-7/h8-18H2,1-7H3. The van der Waals surface area contributed by atoms with E-state index in [1.54, 1.807) is 21.0 Å². The second kappa shape index (κ2) is 13.9. The number of rotatable bonds is 16. The Kier molecular flexibility index (Phi) is 13.4. The molecular weight excluding hydrogens is 358 g/mol. The van der Waals surface area contributed by atoms with Crippen LogP contribution in [0.3, 0.4) is 0 Å². The first-order valence-electron chi connectivity index (χ1n) is 10.7. The predicted molar refractivity (Wildman–Crippen MR) is 112 cm³/mol. The molecule has 0 aliphatic carbocycles. The van der Waals surface area contributed by atoms with E-state index >= 15 is 0 Å². The third kappa shape index (κ3) is 11.0. The first kappa shape index (κ1) is 26.9. The summed E-state index contributed by atoms with van der Waals surface area (Å²) in [5, 5.41) is 0. The van der Waals surface area contributed by atoms with Crippen LogP contribution in [0.1, 0.15) is 73.6 Å². The van der Waals surface area contributed by atoms with Crippen LogP contribution in [-0.2, 0) is 23.8 Å². The minimum absolute atomic E-state index is 0.217. The predicted octanol–water partition coefficient (Wildman–Crippen LogP) is 4.06. The summed E-state index contributed by atoms with van der Waals surface area (Å²) in [5.74, 6) is -0.591. The van der Waals surface area contributed by atoms with Gasteiger partial charge in [-0.05, 0) is 60.0 Å². The average molecular weight is 402 g/mol. The minimum Gasteiger partial charge on any atom is -0.464 e. The Labute approximate surface area is 172 Å². The number of unbranched alkanes of at least 4 members (excludes halogenated alkanes) is 2. The molecule has 0 aliphatic rings. The van der Waals surface area contributed by atoms with Crippen LogP contribution in [0.2, 0.25) is 0 Å². The van der Waals surface area contributed by atoms with Gasteiger partial charge in [-0.3, -0.25) is 14.5 Å². The summed E-state index contributed by atoms with van der Waals surface area (Å²) in [4.78, 5) is 27.3. The third-order valence-electron chi connectivity index (χ3n) is 4.81. The van der Waals surface area contributed by atoms with Crippen LogP contribution in [-0.4, -0.2) is 63.4 Å². The van der Waals surface area contributed by atoms with Crippen LogP contribution in [0.15, 0.2) is 0 Å². The molecular formula is C22H43NO5. The highest BCUT2D eigenvalue weighted by Crippen LogP contribution is 2.35. The van der Waals surface area contributed by atoms with Crippen LogP contribution < -0.4 is 0 Å². The summed E-state index contributed by atoms with van der Waals surface area (Å²) in [6.07, 6.45) is 4.99. The van der Waals surface area contributed by atoms with Crippen molar-refractivity contribution in [3.8, 4) is 0 Å². The zero-order valence-electron chi connectivity index (χ0n) is 19.3. The van der Waals surface area contributed by atoms with Gasteiger partial charge in [0.2, 0.25) is 0 Å². The monoisotopic (exact) mass is 401 g/mol. The van der Waals surface area contributed by atoms with Crippen LogP contribution in [0.25, 0.3) is 0 Å². The molecule has 28 heavy (non-hydrogen) atoms. The van der Waals surface area contributed by atoms with Gasteiger partial charge in [-0.15, -0.1) is 0 Å². The van der Waals surface area contributed by atoms with Gasteiger partial charge in [0.05, 0.1) is 17.4 Å². The van der Waals surface area contributed by atoms with Crippen LogP contribution in [0, 0.1) is 10.8 Å². The van der Waals surface area contributed by atoms with Crippen molar-refractivity contribution < 1.29 is 23.8 Å². The molecule has 0 bridgehead atoms. The normalized spacial score (nSPS) is 12.3. The molecule has 6 heteroatoms. The fourth-order valence-corrected chi connectivity index (χ4v) is 3.22. The maximum Gasteiger partial charge on any atom is 0.311 e. The van der Waals surface area contributed by atoms with E-state index in [1.807, 2.05) is 13.8 Å². The topological polar surface area (TPSA) is 65.1 Å². The van der Waals surface area contributed by atoms with E-state index in [-0.39, 0.29) is 18.5 Å². The van der Waals surface area contributed by atoms with Gasteiger partial charge in [0.1, 0.15) is 13.2 Å². The van der Waals surface area contributed by atoms with E-state index in [4.69, 9.17) is 14.2 Å². The van der Waals surface area contributed by atoms with Crippen molar-refractivity contribution in [2.24, 2.45) is 10.8 Å². The third-order valence-corrected chi connectivity index (χ3v) is 4.81. The molecule has 0 saturated carbocycles. The summed E-state index contributed by atoms with van der Waals surface area (Å²) >= 11 is 0. The summed E-state index contributed by atoms with van der Waals surface area (Å²) in [7, 11) is 1.56. The van der Waals surface area contributed by atoms with Crippen molar-refractivity contribution in [2.45, 2.75) is 73.6 Å². The SMILES string of the molecule is CCCCN(CCCC)CCOC(=O)C(C)(C)CC(C)(C)C(=O)OCCOC. The largest absolute Gasteiger partial charge is 0.464 e. The van der Waals surface area contributed by atoms with Crippen molar-refractivity contribution in [2.75, 3.05) is 46.6 Å². The molecule has 0 unspecified atom stereocenters. The van der Waals surface area contributed by atoms with Gasteiger partial charge in [0.15, 0.2) is 0 Å². The van der Waals surface area contributed by atoms with Gasteiger partial charge in [-0.2, -0.15) is 0 Å². The highest BCUT2D eigenvalue weighted by molar-refractivity contribution is 5.80. The smallest absolute Gasteiger partial charge is 0.311 e. The van der Waals surface area contributed by atoms with E-state index in [9.17, 15) is 9.59 Å². The van der Waals surface area contributed by atoms with Crippen molar-refractivity contribution in [1.29, 1.82) is 0 Å². The molecule has 0 amide bonds. The molecule has 0 N–H and O–H groups in total. The lowest BCUT2D eigenvalue weighted by molar-refractivity contribution is -0.162. The molecule has 0 heterocycles. The summed E-state index contributed by atoms with van der Waals surface area (Å²) in [6.45, 7) is 15.4. The molecule has 6 nitrogen and oxygen atoms in total. The van der Waals surface area contributed by atoms with Crippen molar-refractivity contribution >= 4 is 11.9 Å². The molecule has 0 aromatic heterocycles. The maximum absolute atomic E-state index is 12.6. The number of hydrogen-bond donors (Lipinski definition) is 0. The lowest BCUT2D eigenvalue weighted by Gasteiger charge is -2.32. The van der Waals surface area contributed by atoms with Crippen molar-refractivity contribution in [3.05, 3.63) is 0 Å². The van der Waals surface area contributed by atoms with E-state index in [0.29, 0.717) is 19.6 Å². The average Bonchev–Trinajstić information content (AvgIpc) is 2.62. The Morgan fingerprint density at radius 2 is 1.21 bits per heavy atom. The number of methoxy groups -OCH3 is 1. The number of ether oxygens (including phenoxy) is 3. The first-order chi connectivity index (χ1) is 13.1. The lowest BCUT2D eigenvalue weighted by atomic mass is 9.75. The van der Waals surface area contributed by atoms with E-state index in [1.165, 1.54) is 0 Å². The molecule has 0 saturated heterocycles. The Morgan fingerprint density at radius 1 is 0.750 bits per heavy atom. The van der Waals surface area contributed by atoms with Gasteiger partial charge >= 0.3 is 11.9 Å². The van der Waals surface area contributed by atoms with Crippen molar-refractivity contribution in [3.63, 3.8) is 0 Å². The molecule has 0 aromatic rings. The number of carbonyl (C=O) groups is 2. The van der Waals surface area contributed by atoms with Crippen LogP contribution >= 0.6 is 0 Å². The van der Waals surface area contributed by atoms with Gasteiger partial charge in [-0.1, -0.05) is 26.7 Å². The number of carbonyl (C=O) groups excluding carboxylic acids is 2. The fraction of sp³-hybridized carbons (Fsp3) is 0.909. The molecule has 0 spiro atoms. The lowest BCUT2D eigenvalue weighted by Crippen LogP contribution is -2.38. The van der Waals surface area contributed by atoms with Crippen molar-refractivity contribution in [1.82, 2.24) is 4.90 Å². The second-order valence-corrected chi connectivity index (χ2v) is 8.76. The van der Waals surface area contributed by atoms with Crippen LogP contribution in [0.4, 0.5) is 0 Å². The van der Waals surface area contributed by atoms with Gasteiger partial charge in [0, 0.05) is 13.7 Å². The van der Waals surface area contributed by atoms with Gasteiger partial charge < -0.3 is 14.2 Å². The first-order valence-corrected chi connectivity index (χ1v) is 10.7. The molecule has 0 aliphatic heterocycles. The van der Waals surface area contributed by atoms with E-state index in [2.05, 4.69) is 18.7 Å². The number of hydrogen-bond acceptors (Lipinski definition) is 6. The quantitative estimate of drug-likeness (QED) is 0.287. The Balaban J connectivity index is 4.56. The molecule has 166 valence electrons. The second-order valence-electron chi connectivity index (χ2n) is 8.76. The Morgan fingerprint density at radius 3 is 1.64 bits per heavy atom. The zero-order chi connectivity index (χ0) is 21.6. The highest BCUT2D eigenvalue weighted by atomic mass is 16.6. The molecule has 0 radical (unpaired) electrons. The molecule has 0 atom stereocenters. The van der Waals surface area contributed by atoms with Gasteiger partial charge in [0.25, 0.3) is 0 Å². The maximum atomic E-state index is 12.6. The Bertz CT molecular complexity index is 440. The van der Waals surface area contributed by atoms with E-state index < -0.39 is 10.8 Å². The minimum atomic E-state index is -0.773. The van der Waals surface area contributed by atoms with Crippen LogP contribution in [0.5, 0.6) is 0 Å². The zero-order valence-corrected chi connectivity index (χ0v) is 19.3. The molecule has 0 aromatic carbocycles. The van der Waals surface area contributed by atoms with E-state index in [0.717, 1.165) is 45.3 Å². The summed E-state index contributed by atoms with van der Waals surface area (Å²) in [5.41, 5.74) is -1.54. The van der Waals surface area contributed by atoms with Gasteiger partial charge in [-0.25, -0.2) is 0 Å². The highest BCUT2D eigenvalue weighted by Gasteiger charge is 2.40. The summed E-state index contributed by atoms with van der Waals surface area (Å²) in [6, 6.07) is 0. The fourth-order valence-electron chi connectivity index (χ4n) is 3.22. The Hall–Kier alpha value is -1.14.